The number of rotatable bonds is 2. The van der Waals surface area contributed by atoms with E-state index in [1.807, 2.05) is 0 Å². The minimum Gasteiger partial charge on any atom is -0.406 e. The third-order valence-electron chi connectivity index (χ3n) is 1.91. The highest BCUT2D eigenvalue weighted by atomic mass is 19.4. The monoisotopic (exact) mass is 272 g/mol. The van der Waals surface area contributed by atoms with Crippen LogP contribution in [-0.2, 0) is 4.79 Å². The lowest BCUT2D eigenvalue weighted by atomic mass is 10.2. The summed E-state index contributed by atoms with van der Waals surface area (Å²) in [5.41, 5.74) is 6.00. The molecule has 0 spiro atoms. The molecule has 0 saturated heterocycles. The molecule has 0 aliphatic carbocycles. The predicted molar refractivity (Wildman–Crippen MR) is 63.1 cm³/mol. The largest absolute Gasteiger partial charge is 0.573 e. The molecular weight excluding hydrogens is 261 g/mol. The maximum absolute atomic E-state index is 12.0. The fourth-order valence-electron chi connectivity index (χ4n) is 1.15. The minimum absolute atomic E-state index is 0.0825. The number of nitrogens with two attached hydrogens (primary N) is 1. The topological polar surface area (TPSA) is 64.3 Å². The number of alkyl halides is 3. The van der Waals surface area contributed by atoms with E-state index in [4.69, 9.17) is 5.73 Å². The fourth-order valence-corrected chi connectivity index (χ4v) is 1.15. The van der Waals surface area contributed by atoms with Crippen LogP contribution in [0.15, 0.2) is 18.2 Å². The molecule has 7 heteroatoms. The fraction of sp³-hybridized carbons (Fsp3) is 0.250. The van der Waals surface area contributed by atoms with Crippen LogP contribution in [0.1, 0.15) is 12.5 Å². The molecule has 1 aromatic carbocycles. The summed E-state index contributed by atoms with van der Waals surface area (Å²) in [5.74, 6) is 4.47. The van der Waals surface area contributed by atoms with Crippen molar-refractivity contribution in [3.8, 4) is 17.6 Å². The normalized spacial score (nSPS) is 10.3. The minimum atomic E-state index is -4.77. The van der Waals surface area contributed by atoms with Gasteiger partial charge in [0.15, 0.2) is 0 Å². The van der Waals surface area contributed by atoms with Gasteiger partial charge in [-0.05, 0) is 18.2 Å². The highest BCUT2D eigenvalue weighted by Gasteiger charge is 2.31. The molecule has 4 nitrogen and oxygen atoms in total. The van der Waals surface area contributed by atoms with Gasteiger partial charge in [-0.2, -0.15) is 0 Å². The van der Waals surface area contributed by atoms with Gasteiger partial charge < -0.3 is 15.8 Å². The third-order valence-corrected chi connectivity index (χ3v) is 1.91. The summed E-state index contributed by atoms with van der Waals surface area (Å²) < 4.78 is 39.8. The number of ether oxygens (including phenoxy) is 1. The van der Waals surface area contributed by atoms with Gasteiger partial charge in [0.1, 0.15) is 5.75 Å². The number of nitrogens with one attached hydrogen (secondary N) is 1. The molecular formula is C12H11F3N2O2. The lowest BCUT2D eigenvalue weighted by molar-refractivity contribution is -0.274. The SMILES string of the molecule is CC(=O)NCC#Cc1cc(OC(F)(F)F)ccc1N. The first-order chi connectivity index (χ1) is 8.78. The predicted octanol–water partition coefficient (Wildman–Crippen LogP) is 1.66. The van der Waals surface area contributed by atoms with Crippen LogP contribution < -0.4 is 15.8 Å². The highest BCUT2D eigenvalue weighted by Crippen LogP contribution is 2.25. The molecule has 0 saturated carbocycles. The van der Waals surface area contributed by atoms with Crippen LogP contribution in [0.4, 0.5) is 18.9 Å². The molecule has 0 radical (unpaired) electrons. The number of carbonyl (C=O) groups excluding carboxylic acids is 1. The number of carbonyl (C=O) groups is 1. The number of hydrogen-bond donors (Lipinski definition) is 2. The molecule has 0 unspecified atom stereocenters. The van der Waals surface area contributed by atoms with Crippen LogP contribution in [0.3, 0.4) is 0 Å². The van der Waals surface area contributed by atoms with E-state index < -0.39 is 12.1 Å². The zero-order valence-electron chi connectivity index (χ0n) is 9.97. The Balaban J connectivity index is 2.82. The maximum Gasteiger partial charge on any atom is 0.573 e. The molecule has 3 N–H and O–H groups in total. The van der Waals surface area contributed by atoms with Crippen LogP contribution in [0.2, 0.25) is 0 Å². The summed E-state index contributed by atoms with van der Waals surface area (Å²) in [5, 5.41) is 2.42. The standard InChI is InChI=1S/C12H11F3N2O2/c1-8(18)17-6-2-3-9-7-10(4-5-11(9)16)19-12(13,14)15/h4-5,7H,6,16H2,1H3,(H,17,18). The second-order valence-electron chi connectivity index (χ2n) is 3.51. The van der Waals surface area contributed by atoms with Crippen LogP contribution >= 0.6 is 0 Å². The van der Waals surface area contributed by atoms with Gasteiger partial charge in [-0.1, -0.05) is 11.8 Å². The van der Waals surface area contributed by atoms with Crippen LogP contribution in [0, 0.1) is 11.8 Å². The molecule has 0 heterocycles. The Bertz CT molecular complexity index is 530. The highest BCUT2D eigenvalue weighted by molar-refractivity contribution is 5.73. The quantitative estimate of drug-likeness (QED) is 0.635. The second-order valence-corrected chi connectivity index (χ2v) is 3.51. The van der Waals surface area contributed by atoms with E-state index in [2.05, 4.69) is 21.9 Å². The lowest BCUT2D eigenvalue weighted by Gasteiger charge is -2.09. The van der Waals surface area contributed by atoms with E-state index >= 15 is 0 Å². The van der Waals surface area contributed by atoms with Crippen molar-refractivity contribution >= 4 is 11.6 Å². The molecule has 0 aromatic heterocycles. The van der Waals surface area contributed by atoms with Crippen molar-refractivity contribution in [1.82, 2.24) is 5.32 Å². The molecule has 0 bridgehead atoms. The van der Waals surface area contributed by atoms with E-state index in [0.717, 1.165) is 12.1 Å². The van der Waals surface area contributed by atoms with Gasteiger partial charge in [-0.3, -0.25) is 4.79 Å². The number of amides is 1. The lowest BCUT2D eigenvalue weighted by Crippen LogP contribution is -2.19. The summed E-state index contributed by atoms with van der Waals surface area (Å²) in [7, 11) is 0. The van der Waals surface area contributed by atoms with Crippen molar-refractivity contribution in [3.05, 3.63) is 23.8 Å². The maximum atomic E-state index is 12.0. The van der Waals surface area contributed by atoms with Crippen molar-refractivity contribution in [2.75, 3.05) is 12.3 Å². The van der Waals surface area contributed by atoms with Crippen LogP contribution in [-0.4, -0.2) is 18.8 Å². The van der Waals surface area contributed by atoms with Crippen molar-refractivity contribution in [1.29, 1.82) is 0 Å². The summed E-state index contributed by atoms with van der Waals surface area (Å²) in [6, 6.07) is 3.45. The van der Waals surface area contributed by atoms with Crippen molar-refractivity contribution in [2.45, 2.75) is 13.3 Å². The Morgan fingerprint density at radius 1 is 1.47 bits per heavy atom. The van der Waals surface area contributed by atoms with Gasteiger partial charge in [0, 0.05) is 12.6 Å². The number of benzene rings is 1. The van der Waals surface area contributed by atoms with Crippen molar-refractivity contribution < 1.29 is 22.7 Å². The molecule has 19 heavy (non-hydrogen) atoms. The Morgan fingerprint density at radius 2 is 2.16 bits per heavy atom. The number of anilines is 1. The number of nitrogen functional groups attached to an aromatic ring is 1. The van der Waals surface area contributed by atoms with Crippen LogP contribution in [0.5, 0.6) is 5.75 Å². The van der Waals surface area contributed by atoms with Gasteiger partial charge in [-0.15, -0.1) is 13.2 Å². The average molecular weight is 272 g/mol. The number of halogens is 3. The smallest absolute Gasteiger partial charge is 0.406 e. The van der Waals surface area contributed by atoms with E-state index in [1.165, 1.54) is 13.0 Å². The zero-order chi connectivity index (χ0) is 14.5. The van der Waals surface area contributed by atoms with E-state index in [9.17, 15) is 18.0 Å². The van der Waals surface area contributed by atoms with Crippen molar-refractivity contribution in [3.63, 3.8) is 0 Å². The Kier molecular flexibility index (Phi) is 4.64. The van der Waals surface area contributed by atoms with Crippen LogP contribution in [0.25, 0.3) is 0 Å². The summed E-state index contributed by atoms with van der Waals surface area (Å²) in [6.07, 6.45) is -4.77. The van der Waals surface area contributed by atoms with E-state index in [0.29, 0.717) is 0 Å². The van der Waals surface area contributed by atoms with E-state index in [-0.39, 0.29) is 23.7 Å². The molecule has 1 amide bonds. The summed E-state index contributed by atoms with van der Waals surface area (Å²) in [4.78, 5) is 10.6. The molecule has 102 valence electrons. The molecule has 1 aromatic rings. The van der Waals surface area contributed by atoms with E-state index in [1.54, 1.807) is 0 Å². The molecule has 0 aliphatic rings. The molecule has 1 rings (SSSR count). The second kappa shape index (κ2) is 6.00. The molecule has 0 atom stereocenters. The third kappa shape index (κ3) is 5.68. The first kappa shape index (κ1) is 14.7. The summed E-state index contributed by atoms with van der Waals surface area (Å²) >= 11 is 0. The van der Waals surface area contributed by atoms with Gasteiger partial charge in [0.2, 0.25) is 5.91 Å². The average Bonchev–Trinajstić information content (AvgIpc) is 2.26. The first-order valence-corrected chi connectivity index (χ1v) is 5.16. The molecule has 0 fully saturated rings. The molecule has 0 aliphatic heterocycles. The Labute approximate surface area is 107 Å². The van der Waals surface area contributed by atoms with Crippen molar-refractivity contribution in [2.24, 2.45) is 0 Å². The zero-order valence-corrected chi connectivity index (χ0v) is 9.97. The van der Waals surface area contributed by atoms with Gasteiger partial charge >= 0.3 is 6.36 Å². The van der Waals surface area contributed by atoms with Gasteiger partial charge in [0.25, 0.3) is 0 Å². The Morgan fingerprint density at radius 3 is 2.74 bits per heavy atom. The summed E-state index contributed by atoms with van der Waals surface area (Å²) in [6.45, 7) is 1.41. The van der Waals surface area contributed by atoms with Gasteiger partial charge in [0.05, 0.1) is 12.1 Å². The Hall–Kier alpha value is -2.36. The first-order valence-electron chi connectivity index (χ1n) is 5.16. The number of hydrogen-bond acceptors (Lipinski definition) is 3. The van der Waals surface area contributed by atoms with Gasteiger partial charge in [-0.25, -0.2) is 0 Å².